The summed E-state index contributed by atoms with van der Waals surface area (Å²) in [7, 11) is 0. The molecule has 0 unspecified atom stereocenters. The minimum Gasteiger partial charge on any atom is -0.484 e. The van der Waals surface area contributed by atoms with E-state index < -0.39 is 24.2 Å². The fourth-order valence-electron chi connectivity index (χ4n) is 1.79. The van der Waals surface area contributed by atoms with Gasteiger partial charge in [0.25, 0.3) is 0 Å². The van der Waals surface area contributed by atoms with Gasteiger partial charge < -0.3 is 9.84 Å². The fourth-order valence-corrected chi connectivity index (χ4v) is 1.79. The summed E-state index contributed by atoms with van der Waals surface area (Å²) >= 11 is 0. The topological polar surface area (TPSA) is 46.5 Å². The number of alkyl halides is 3. The van der Waals surface area contributed by atoms with Gasteiger partial charge >= 0.3 is 12.1 Å². The predicted octanol–water partition coefficient (Wildman–Crippen LogP) is 2.74. The molecule has 1 aliphatic rings. The average molecular weight is 260 g/mol. The average Bonchev–Trinajstić information content (AvgIpc) is 3.07. The standard InChI is InChI=1S/C12H11F3O3/c13-12(14,15)7-18-9-3-1-8(2-4-9)11(5-6-11)10(16)17/h1-4H,5-7H2,(H,16,17). The summed E-state index contributed by atoms with van der Waals surface area (Å²) in [4.78, 5) is 11.0. The van der Waals surface area contributed by atoms with Crippen LogP contribution in [0.3, 0.4) is 0 Å². The maximum atomic E-state index is 11.9. The van der Waals surface area contributed by atoms with Crippen molar-refractivity contribution in [3.05, 3.63) is 29.8 Å². The zero-order valence-electron chi connectivity index (χ0n) is 9.33. The summed E-state index contributed by atoms with van der Waals surface area (Å²) < 4.78 is 40.3. The molecular formula is C12H11F3O3. The molecule has 0 aromatic heterocycles. The number of rotatable bonds is 4. The summed E-state index contributed by atoms with van der Waals surface area (Å²) in [5.41, 5.74) is -0.239. The first kappa shape index (κ1) is 12.7. The highest BCUT2D eigenvalue weighted by atomic mass is 19.4. The SMILES string of the molecule is O=C(O)C1(c2ccc(OCC(F)(F)F)cc2)CC1. The lowest BCUT2D eigenvalue weighted by Crippen LogP contribution is -2.20. The normalized spacial score (nSPS) is 17.3. The molecule has 0 saturated heterocycles. The lowest BCUT2D eigenvalue weighted by Gasteiger charge is -2.12. The molecule has 1 aromatic rings. The number of carbonyl (C=O) groups is 1. The molecule has 18 heavy (non-hydrogen) atoms. The summed E-state index contributed by atoms with van der Waals surface area (Å²) in [6.45, 7) is -1.35. The summed E-state index contributed by atoms with van der Waals surface area (Å²) in [6, 6.07) is 5.74. The lowest BCUT2D eigenvalue weighted by atomic mass is 9.96. The smallest absolute Gasteiger partial charge is 0.422 e. The van der Waals surface area contributed by atoms with Crippen LogP contribution in [0, 0.1) is 0 Å². The van der Waals surface area contributed by atoms with Crippen LogP contribution in [-0.2, 0) is 10.2 Å². The second-order valence-electron chi connectivity index (χ2n) is 4.32. The molecule has 3 nitrogen and oxygen atoms in total. The molecule has 6 heteroatoms. The first-order chi connectivity index (χ1) is 8.33. The number of hydrogen-bond acceptors (Lipinski definition) is 2. The molecule has 0 spiro atoms. The van der Waals surface area contributed by atoms with Crippen LogP contribution in [0.2, 0.25) is 0 Å². The second-order valence-corrected chi connectivity index (χ2v) is 4.32. The van der Waals surface area contributed by atoms with Gasteiger partial charge in [-0.25, -0.2) is 0 Å². The zero-order chi connectivity index (χ0) is 13.4. The van der Waals surface area contributed by atoms with Crippen molar-refractivity contribution in [3.8, 4) is 5.75 Å². The summed E-state index contributed by atoms with van der Waals surface area (Å²) in [5, 5.41) is 9.06. The predicted molar refractivity (Wildman–Crippen MR) is 56.5 cm³/mol. The maximum absolute atomic E-state index is 11.9. The van der Waals surface area contributed by atoms with Crippen LogP contribution in [0.15, 0.2) is 24.3 Å². The van der Waals surface area contributed by atoms with E-state index in [1.54, 1.807) is 0 Å². The molecule has 1 aliphatic carbocycles. The molecule has 2 rings (SSSR count). The number of hydrogen-bond donors (Lipinski definition) is 1. The van der Waals surface area contributed by atoms with Gasteiger partial charge in [0.05, 0.1) is 5.41 Å². The van der Waals surface area contributed by atoms with Gasteiger partial charge in [-0.15, -0.1) is 0 Å². The number of carboxylic acids is 1. The van der Waals surface area contributed by atoms with Crippen LogP contribution in [0.25, 0.3) is 0 Å². The van der Waals surface area contributed by atoms with Crippen molar-refractivity contribution in [2.45, 2.75) is 24.4 Å². The minimum absolute atomic E-state index is 0.0808. The zero-order valence-corrected chi connectivity index (χ0v) is 9.33. The van der Waals surface area contributed by atoms with E-state index in [9.17, 15) is 18.0 Å². The molecule has 1 aromatic carbocycles. The van der Waals surface area contributed by atoms with Crippen LogP contribution in [-0.4, -0.2) is 23.9 Å². The van der Waals surface area contributed by atoms with E-state index in [1.165, 1.54) is 24.3 Å². The van der Waals surface area contributed by atoms with Gasteiger partial charge in [-0.05, 0) is 30.5 Å². The fraction of sp³-hybridized carbons (Fsp3) is 0.417. The molecule has 0 radical (unpaired) electrons. The van der Waals surface area contributed by atoms with E-state index in [4.69, 9.17) is 5.11 Å². The third-order valence-electron chi connectivity index (χ3n) is 2.97. The molecule has 1 saturated carbocycles. The van der Waals surface area contributed by atoms with Gasteiger partial charge in [-0.2, -0.15) is 13.2 Å². The van der Waals surface area contributed by atoms with E-state index in [0.29, 0.717) is 18.4 Å². The maximum Gasteiger partial charge on any atom is 0.422 e. The Labute approximate surface area is 101 Å². The Hall–Kier alpha value is -1.72. The van der Waals surface area contributed by atoms with Crippen LogP contribution < -0.4 is 4.74 Å². The molecule has 0 aliphatic heterocycles. The largest absolute Gasteiger partial charge is 0.484 e. The Kier molecular flexibility index (Phi) is 2.96. The lowest BCUT2D eigenvalue weighted by molar-refractivity contribution is -0.153. The van der Waals surface area contributed by atoms with E-state index in [0.717, 1.165) is 0 Å². The van der Waals surface area contributed by atoms with Gasteiger partial charge in [0.2, 0.25) is 0 Å². The Bertz CT molecular complexity index is 447. The summed E-state index contributed by atoms with van der Waals surface area (Å²) in [6.07, 6.45) is -3.26. The van der Waals surface area contributed by atoms with Crippen molar-refractivity contribution in [1.82, 2.24) is 0 Å². The molecule has 0 heterocycles. The van der Waals surface area contributed by atoms with E-state index in [-0.39, 0.29) is 5.75 Å². The third-order valence-corrected chi connectivity index (χ3v) is 2.97. The first-order valence-electron chi connectivity index (χ1n) is 5.37. The number of halogens is 3. The van der Waals surface area contributed by atoms with Crippen molar-refractivity contribution in [3.63, 3.8) is 0 Å². The highest BCUT2D eigenvalue weighted by Gasteiger charge is 2.51. The quantitative estimate of drug-likeness (QED) is 0.905. The molecule has 0 atom stereocenters. The number of benzene rings is 1. The van der Waals surface area contributed by atoms with Crippen LogP contribution >= 0.6 is 0 Å². The molecule has 0 bridgehead atoms. The number of carboxylic acid groups (broad SMARTS) is 1. The van der Waals surface area contributed by atoms with Gasteiger partial charge in [0.1, 0.15) is 5.75 Å². The highest BCUT2D eigenvalue weighted by Crippen LogP contribution is 2.48. The number of aliphatic carboxylic acids is 1. The number of ether oxygens (including phenoxy) is 1. The highest BCUT2D eigenvalue weighted by molar-refractivity contribution is 5.84. The van der Waals surface area contributed by atoms with Crippen LogP contribution in [0.5, 0.6) is 5.75 Å². The Balaban J connectivity index is 2.05. The van der Waals surface area contributed by atoms with Gasteiger partial charge in [-0.1, -0.05) is 12.1 Å². The van der Waals surface area contributed by atoms with E-state index in [1.807, 2.05) is 0 Å². The Morgan fingerprint density at radius 1 is 1.28 bits per heavy atom. The Morgan fingerprint density at radius 3 is 2.22 bits per heavy atom. The van der Waals surface area contributed by atoms with Crippen LogP contribution in [0.4, 0.5) is 13.2 Å². The second kappa shape index (κ2) is 4.19. The molecule has 0 amide bonds. The van der Waals surface area contributed by atoms with Crippen molar-refractivity contribution in [2.24, 2.45) is 0 Å². The van der Waals surface area contributed by atoms with Crippen molar-refractivity contribution >= 4 is 5.97 Å². The molecule has 1 fully saturated rings. The van der Waals surface area contributed by atoms with E-state index >= 15 is 0 Å². The Morgan fingerprint density at radius 2 is 1.83 bits per heavy atom. The molecular weight excluding hydrogens is 249 g/mol. The first-order valence-corrected chi connectivity index (χ1v) is 5.37. The summed E-state index contributed by atoms with van der Waals surface area (Å²) in [5.74, 6) is -0.816. The monoisotopic (exact) mass is 260 g/mol. The van der Waals surface area contributed by atoms with Crippen molar-refractivity contribution in [2.75, 3.05) is 6.61 Å². The molecule has 1 N–H and O–H groups in total. The van der Waals surface area contributed by atoms with Crippen LogP contribution in [0.1, 0.15) is 18.4 Å². The van der Waals surface area contributed by atoms with Gasteiger partial charge in [0.15, 0.2) is 6.61 Å². The van der Waals surface area contributed by atoms with E-state index in [2.05, 4.69) is 4.74 Å². The van der Waals surface area contributed by atoms with Crippen molar-refractivity contribution in [1.29, 1.82) is 0 Å². The van der Waals surface area contributed by atoms with Crippen molar-refractivity contribution < 1.29 is 27.8 Å². The van der Waals surface area contributed by atoms with Gasteiger partial charge in [-0.3, -0.25) is 4.79 Å². The third kappa shape index (κ3) is 2.57. The van der Waals surface area contributed by atoms with Gasteiger partial charge in [0, 0.05) is 0 Å². The minimum atomic E-state index is -4.38. The molecule has 98 valence electrons.